The molecule has 2 aromatic carbocycles. The molecule has 0 spiro atoms. The van der Waals surface area contributed by atoms with E-state index in [1.54, 1.807) is 7.11 Å². The lowest BCUT2D eigenvalue weighted by molar-refractivity contribution is 0.240. The molecule has 1 aliphatic rings. The van der Waals surface area contributed by atoms with Crippen molar-refractivity contribution in [2.75, 3.05) is 12.4 Å². The maximum Gasteiger partial charge on any atom is 0.253 e. The van der Waals surface area contributed by atoms with Gasteiger partial charge in [0.05, 0.1) is 13.7 Å². The fourth-order valence-electron chi connectivity index (χ4n) is 4.45. The number of aromatic amines is 1. The average Bonchev–Trinajstić information content (AvgIpc) is 2.83. The Morgan fingerprint density at radius 1 is 1.12 bits per heavy atom. The number of rotatable bonds is 6. The van der Waals surface area contributed by atoms with E-state index in [9.17, 15) is 4.79 Å². The maximum atomic E-state index is 12.9. The Morgan fingerprint density at radius 2 is 1.88 bits per heavy atom. The Kier molecular flexibility index (Phi) is 7.10. The minimum absolute atomic E-state index is 0.0465. The van der Waals surface area contributed by atoms with E-state index in [0.717, 1.165) is 47.2 Å². The van der Waals surface area contributed by atoms with Crippen LogP contribution in [0.1, 0.15) is 50.2 Å². The van der Waals surface area contributed by atoms with Gasteiger partial charge in [0.15, 0.2) is 5.11 Å². The summed E-state index contributed by atoms with van der Waals surface area (Å²) in [7, 11) is 1.66. The van der Waals surface area contributed by atoms with Gasteiger partial charge in [-0.15, -0.1) is 0 Å². The second kappa shape index (κ2) is 10.2. The predicted octanol–water partition coefficient (Wildman–Crippen LogP) is 5.63. The number of anilines is 1. The van der Waals surface area contributed by atoms with Crippen LogP contribution in [0.3, 0.4) is 0 Å². The van der Waals surface area contributed by atoms with Gasteiger partial charge in [0, 0.05) is 22.8 Å². The molecule has 1 aliphatic carbocycles. The number of pyridine rings is 1. The summed E-state index contributed by atoms with van der Waals surface area (Å²) in [6.07, 6.45) is 6.81. The van der Waals surface area contributed by atoms with Gasteiger partial charge >= 0.3 is 0 Å². The molecule has 1 heterocycles. The topological polar surface area (TPSA) is 57.4 Å². The number of benzene rings is 2. The highest BCUT2D eigenvalue weighted by Gasteiger charge is 2.24. The third-order valence-corrected chi connectivity index (χ3v) is 6.69. The van der Waals surface area contributed by atoms with E-state index in [1.807, 2.05) is 36.4 Å². The summed E-state index contributed by atoms with van der Waals surface area (Å²) in [6.45, 7) is 2.64. The molecule has 0 atom stereocenters. The van der Waals surface area contributed by atoms with E-state index in [0.29, 0.717) is 17.7 Å². The summed E-state index contributed by atoms with van der Waals surface area (Å²) < 4.78 is 5.25. The molecule has 5 nitrogen and oxygen atoms in total. The lowest BCUT2D eigenvalue weighted by Gasteiger charge is -2.36. The van der Waals surface area contributed by atoms with Crippen molar-refractivity contribution >= 4 is 33.9 Å². The number of ether oxygens (including phenoxy) is 1. The monoisotopic (exact) mass is 449 g/mol. The molecule has 1 aromatic heterocycles. The molecule has 0 saturated heterocycles. The zero-order valence-electron chi connectivity index (χ0n) is 18.8. The molecule has 4 rings (SSSR count). The van der Waals surface area contributed by atoms with Gasteiger partial charge < -0.3 is 19.9 Å². The number of thiocarbonyl (C=S) groups is 1. The number of hydrogen-bond donors (Lipinski definition) is 2. The first kappa shape index (κ1) is 22.3. The number of fused-ring (bicyclic) bond motifs is 1. The van der Waals surface area contributed by atoms with Crippen LogP contribution in [0.4, 0.5) is 5.69 Å². The normalized spacial score (nSPS) is 14.3. The van der Waals surface area contributed by atoms with Gasteiger partial charge in [-0.05, 0) is 84.9 Å². The first-order valence-electron chi connectivity index (χ1n) is 11.4. The highest BCUT2D eigenvalue weighted by molar-refractivity contribution is 7.80. The highest BCUT2D eigenvalue weighted by atomic mass is 32.1. The third kappa shape index (κ3) is 5.13. The fourth-order valence-corrected chi connectivity index (χ4v) is 4.78. The number of H-pyrrole nitrogens is 1. The Labute approximate surface area is 194 Å². The van der Waals surface area contributed by atoms with Crippen molar-refractivity contribution in [3.63, 3.8) is 0 Å². The first-order chi connectivity index (χ1) is 15.6. The minimum Gasteiger partial charge on any atom is -0.497 e. The van der Waals surface area contributed by atoms with Crippen LogP contribution in [-0.4, -0.2) is 28.1 Å². The number of nitrogens with one attached hydrogen (secondary N) is 2. The van der Waals surface area contributed by atoms with E-state index >= 15 is 0 Å². The van der Waals surface area contributed by atoms with Gasteiger partial charge in [-0.2, -0.15) is 0 Å². The molecule has 32 heavy (non-hydrogen) atoms. The lowest BCUT2D eigenvalue weighted by Crippen LogP contribution is -2.44. The molecule has 0 amide bonds. The molecule has 2 N–H and O–H groups in total. The van der Waals surface area contributed by atoms with E-state index in [4.69, 9.17) is 17.0 Å². The summed E-state index contributed by atoms with van der Waals surface area (Å²) in [5.74, 6) is 0.805. The Hall–Kier alpha value is -2.86. The average molecular weight is 450 g/mol. The molecular weight excluding hydrogens is 418 g/mol. The standard InChI is InChI=1S/C26H31N3O2S/c1-3-18-9-14-24-19(15-18)16-20(25(30)28-24)17-29(22-7-5-4-6-8-22)26(32)27-21-10-12-23(31-2)13-11-21/h9-16,22H,3-8,17H2,1-2H3,(H,27,32)(H,28,30). The number of aromatic nitrogens is 1. The van der Waals surface area contributed by atoms with E-state index in [2.05, 4.69) is 34.3 Å². The summed E-state index contributed by atoms with van der Waals surface area (Å²) in [5.41, 5.74) is 3.75. The van der Waals surface area contributed by atoms with Gasteiger partial charge in [0.1, 0.15) is 5.75 Å². The van der Waals surface area contributed by atoms with Crippen LogP contribution < -0.4 is 15.6 Å². The molecule has 0 aliphatic heterocycles. The second-order valence-corrected chi connectivity index (χ2v) is 8.86. The quantitative estimate of drug-likeness (QED) is 0.478. The van der Waals surface area contributed by atoms with Crippen LogP contribution in [0.15, 0.2) is 53.3 Å². The number of methoxy groups -OCH3 is 1. The van der Waals surface area contributed by atoms with Gasteiger partial charge in [-0.1, -0.05) is 32.3 Å². The molecule has 1 saturated carbocycles. The largest absolute Gasteiger partial charge is 0.497 e. The van der Waals surface area contributed by atoms with Crippen molar-refractivity contribution in [3.05, 3.63) is 70.0 Å². The van der Waals surface area contributed by atoms with Crippen LogP contribution in [0.25, 0.3) is 10.9 Å². The van der Waals surface area contributed by atoms with Crippen LogP contribution in [0.5, 0.6) is 5.75 Å². The number of aryl methyl sites for hydroxylation is 1. The molecular formula is C26H31N3O2S. The first-order valence-corrected chi connectivity index (χ1v) is 11.8. The molecule has 6 heteroatoms. The Bertz CT molecular complexity index is 1130. The molecule has 3 aromatic rings. The van der Waals surface area contributed by atoms with Crippen LogP contribution in [-0.2, 0) is 13.0 Å². The van der Waals surface area contributed by atoms with E-state index < -0.39 is 0 Å². The molecule has 0 unspecified atom stereocenters. The maximum absolute atomic E-state index is 12.9. The van der Waals surface area contributed by atoms with Gasteiger partial charge in [0.25, 0.3) is 5.56 Å². The zero-order valence-corrected chi connectivity index (χ0v) is 19.6. The minimum atomic E-state index is -0.0465. The fraction of sp³-hybridized carbons (Fsp3) is 0.385. The molecule has 1 fully saturated rings. The molecule has 168 valence electrons. The van der Waals surface area contributed by atoms with Crippen LogP contribution >= 0.6 is 12.2 Å². The van der Waals surface area contributed by atoms with Gasteiger partial charge in [0.2, 0.25) is 0 Å². The molecule has 0 bridgehead atoms. The smallest absolute Gasteiger partial charge is 0.253 e. The number of hydrogen-bond acceptors (Lipinski definition) is 3. The van der Waals surface area contributed by atoms with Crippen molar-refractivity contribution < 1.29 is 4.74 Å². The van der Waals surface area contributed by atoms with Gasteiger partial charge in [-0.3, -0.25) is 4.79 Å². The van der Waals surface area contributed by atoms with E-state index in [-0.39, 0.29) is 5.56 Å². The van der Waals surface area contributed by atoms with Crippen molar-refractivity contribution in [1.29, 1.82) is 0 Å². The van der Waals surface area contributed by atoms with E-state index in [1.165, 1.54) is 24.8 Å². The van der Waals surface area contributed by atoms with Crippen molar-refractivity contribution in [1.82, 2.24) is 9.88 Å². The van der Waals surface area contributed by atoms with Crippen LogP contribution in [0.2, 0.25) is 0 Å². The SMILES string of the molecule is CCc1ccc2[nH]c(=O)c(CN(C(=S)Nc3ccc(OC)cc3)C3CCCCC3)cc2c1. The second-order valence-electron chi connectivity index (χ2n) is 8.48. The Morgan fingerprint density at radius 3 is 2.56 bits per heavy atom. The summed E-state index contributed by atoms with van der Waals surface area (Å²) in [5, 5.41) is 5.10. The van der Waals surface area contributed by atoms with Crippen molar-refractivity contribution in [2.45, 2.75) is 58.0 Å². The van der Waals surface area contributed by atoms with Crippen molar-refractivity contribution in [2.24, 2.45) is 0 Å². The lowest BCUT2D eigenvalue weighted by atomic mass is 9.94. The highest BCUT2D eigenvalue weighted by Crippen LogP contribution is 2.26. The van der Waals surface area contributed by atoms with Crippen molar-refractivity contribution in [3.8, 4) is 5.75 Å². The summed E-state index contributed by atoms with van der Waals surface area (Å²) >= 11 is 5.85. The summed E-state index contributed by atoms with van der Waals surface area (Å²) in [6, 6.07) is 16.3. The Balaban J connectivity index is 1.62. The summed E-state index contributed by atoms with van der Waals surface area (Å²) in [4.78, 5) is 18.2. The van der Waals surface area contributed by atoms with Crippen LogP contribution in [0, 0.1) is 0 Å². The van der Waals surface area contributed by atoms with Gasteiger partial charge in [-0.25, -0.2) is 0 Å². The predicted molar refractivity (Wildman–Crippen MR) is 136 cm³/mol. The zero-order chi connectivity index (χ0) is 22.5. The number of nitrogens with zero attached hydrogens (tertiary/aromatic N) is 1. The molecule has 0 radical (unpaired) electrons. The third-order valence-electron chi connectivity index (χ3n) is 6.35.